The molecule has 0 radical (unpaired) electrons. The van der Waals surface area contributed by atoms with E-state index in [1.165, 1.54) is 11.1 Å². The van der Waals surface area contributed by atoms with E-state index < -0.39 is 0 Å². The van der Waals surface area contributed by atoms with Crippen LogP contribution in [0.5, 0.6) is 11.6 Å². The summed E-state index contributed by atoms with van der Waals surface area (Å²) in [5, 5.41) is 0. The number of aromatic nitrogens is 5. The maximum atomic E-state index is 5.91. The molecule has 0 saturated carbocycles. The molecule has 174 valence electrons. The Bertz CT molecular complexity index is 1380. The molecule has 5 heterocycles. The quantitative estimate of drug-likeness (QED) is 0.431. The molecule has 0 fully saturated rings. The Labute approximate surface area is 199 Å². The van der Waals surface area contributed by atoms with Crippen molar-refractivity contribution in [3.63, 3.8) is 0 Å². The lowest BCUT2D eigenvalue weighted by Crippen LogP contribution is -2.19. The third kappa shape index (κ3) is 3.38. The summed E-state index contributed by atoms with van der Waals surface area (Å²) in [5.74, 6) is 2.93. The van der Waals surface area contributed by atoms with Crippen LogP contribution in [0.2, 0.25) is 0 Å². The van der Waals surface area contributed by atoms with Crippen molar-refractivity contribution in [2.75, 3.05) is 13.7 Å². The van der Waals surface area contributed by atoms with Gasteiger partial charge in [-0.3, -0.25) is 0 Å². The number of methoxy groups -OCH3 is 1. The molecular formula is C27H29N5O2. The first-order valence-corrected chi connectivity index (χ1v) is 11.8. The molecule has 0 spiro atoms. The van der Waals surface area contributed by atoms with E-state index in [-0.39, 0.29) is 11.3 Å². The van der Waals surface area contributed by atoms with Crippen LogP contribution in [0.4, 0.5) is 0 Å². The van der Waals surface area contributed by atoms with E-state index in [0.29, 0.717) is 5.88 Å². The fourth-order valence-corrected chi connectivity index (χ4v) is 5.15. The fourth-order valence-electron chi connectivity index (χ4n) is 5.15. The molecule has 0 aliphatic carbocycles. The second-order valence-electron chi connectivity index (χ2n) is 9.95. The van der Waals surface area contributed by atoms with Gasteiger partial charge in [0.2, 0.25) is 5.88 Å². The summed E-state index contributed by atoms with van der Waals surface area (Å²) in [6, 6.07) is 10.7. The van der Waals surface area contributed by atoms with Gasteiger partial charge >= 0.3 is 0 Å². The van der Waals surface area contributed by atoms with Crippen LogP contribution < -0.4 is 9.47 Å². The zero-order chi connectivity index (χ0) is 23.4. The van der Waals surface area contributed by atoms with Crippen LogP contribution in [0.3, 0.4) is 0 Å². The number of pyridine rings is 1. The Morgan fingerprint density at radius 2 is 1.97 bits per heavy atom. The second kappa shape index (κ2) is 7.72. The van der Waals surface area contributed by atoms with Crippen molar-refractivity contribution in [1.29, 1.82) is 0 Å². The largest absolute Gasteiger partial charge is 0.492 e. The number of benzene rings is 1. The number of hydrogen-bond acceptors (Lipinski definition) is 5. The number of nitrogens with zero attached hydrogens (tertiary/aromatic N) is 5. The Hall–Kier alpha value is -3.61. The van der Waals surface area contributed by atoms with Crippen molar-refractivity contribution < 1.29 is 9.47 Å². The van der Waals surface area contributed by atoms with E-state index in [2.05, 4.69) is 47.8 Å². The minimum absolute atomic E-state index is 0.0383. The molecule has 0 N–H and O–H groups in total. The van der Waals surface area contributed by atoms with E-state index in [9.17, 15) is 0 Å². The van der Waals surface area contributed by atoms with Gasteiger partial charge in [-0.1, -0.05) is 26.0 Å². The van der Waals surface area contributed by atoms with Crippen LogP contribution in [-0.4, -0.2) is 37.8 Å². The number of aryl methyl sites for hydroxylation is 2. The van der Waals surface area contributed by atoms with Gasteiger partial charge in [0.1, 0.15) is 23.0 Å². The highest BCUT2D eigenvalue weighted by molar-refractivity contribution is 5.59. The summed E-state index contributed by atoms with van der Waals surface area (Å²) in [7, 11) is 1.65. The Balaban J connectivity index is 1.37. The highest BCUT2D eigenvalue weighted by Crippen LogP contribution is 2.42. The molecule has 0 amide bonds. The molecular weight excluding hydrogens is 426 g/mol. The summed E-state index contributed by atoms with van der Waals surface area (Å²) in [6.07, 6.45) is 8.08. The standard InChI is InChI=1S/C27H29N5O2/c1-17-13-32(16-28-17)23-9-8-21(30-26(23)33-4)22-14-31-11-5-6-19(25(31)29-22)18-7-10-24-20(12-18)27(2,3)15-34-24/h7-10,12-14,16,19H,5-6,11,15H2,1-4H3. The van der Waals surface area contributed by atoms with Crippen molar-refractivity contribution in [3.8, 4) is 28.7 Å². The molecule has 2 aliphatic rings. The van der Waals surface area contributed by atoms with E-state index in [4.69, 9.17) is 19.4 Å². The summed E-state index contributed by atoms with van der Waals surface area (Å²) >= 11 is 0. The summed E-state index contributed by atoms with van der Waals surface area (Å²) < 4.78 is 15.7. The predicted octanol–water partition coefficient (Wildman–Crippen LogP) is 5.04. The minimum atomic E-state index is 0.0383. The van der Waals surface area contributed by atoms with E-state index >= 15 is 0 Å². The summed E-state index contributed by atoms with van der Waals surface area (Å²) in [6.45, 7) is 8.16. The first-order chi connectivity index (χ1) is 16.4. The second-order valence-corrected chi connectivity index (χ2v) is 9.95. The molecule has 7 heteroatoms. The number of fused-ring (bicyclic) bond motifs is 2. The minimum Gasteiger partial charge on any atom is -0.492 e. The fraction of sp³-hybridized carbons (Fsp3) is 0.370. The van der Waals surface area contributed by atoms with Crippen LogP contribution in [0.25, 0.3) is 17.1 Å². The third-order valence-corrected chi connectivity index (χ3v) is 7.02. The lowest BCUT2D eigenvalue weighted by Gasteiger charge is -2.25. The van der Waals surface area contributed by atoms with Gasteiger partial charge < -0.3 is 18.6 Å². The van der Waals surface area contributed by atoms with E-state index in [1.807, 2.05) is 29.8 Å². The van der Waals surface area contributed by atoms with E-state index in [0.717, 1.165) is 60.3 Å². The van der Waals surface area contributed by atoms with Gasteiger partial charge in [-0.05, 0) is 43.5 Å². The summed E-state index contributed by atoms with van der Waals surface area (Å²) in [4.78, 5) is 14.2. The average Bonchev–Trinajstić information content (AvgIpc) is 3.55. The first-order valence-electron chi connectivity index (χ1n) is 11.8. The topological polar surface area (TPSA) is 67.0 Å². The number of imidazole rings is 2. The van der Waals surface area contributed by atoms with Gasteiger partial charge in [0, 0.05) is 35.8 Å². The molecule has 1 aromatic carbocycles. The Kier molecular flexibility index (Phi) is 4.76. The Morgan fingerprint density at radius 1 is 1.09 bits per heavy atom. The van der Waals surface area contributed by atoms with Gasteiger partial charge in [-0.2, -0.15) is 0 Å². The van der Waals surface area contributed by atoms with Crippen LogP contribution in [0.1, 0.15) is 55.3 Å². The molecule has 1 unspecified atom stereocenters. The van der Waals surface area contributed by atoms with Crippen molar-refractivity contribution in [2.45, 2.75) is 51.5 Å². The third-order valence-electron chi connectivity index (χ3n) is 7.02. The van der Waals surface area contributed by atoms with Gasteiger partial charge in [-0.15, -0.1) is 0 Å². The van der Waals surface area contributed by atoms with Crippen molar-refractivity contribution in [2.24, 2.45) is 0 Å². The molecule has 3 aromatic heterocycles. The van der Waals surface area contributed by atoms with Crippen molar-refractivity contribution in [3.05, 3.63) is 71.7 Å². The summed E-state index contributed by atoms with van der Waals surface area (Å²) in [5.41, 5.74) is 6.13. The highest BCUT2D eigenvalue weighted by atomic mass is 16.5. The molecule has 4 aromatic rings. The number of ether oxygens (including phenoxy) is 2. The monoisotopic (exact) mass is 455 g/mol. The SMILES string of the molecule is COc1nc(-c2cn3c(n2)C(c2ccc4c(c2)C(C)(C)CO4)CCC3)ccc1-n1cnc(C)c1. The lowest BCUT2D eigenvalue weighted by atomic mass is 9.83. The number of hydrogen-bond donors (Lipinski definition) is 0. The normalized spacial score (nSPS) is 18.3. The average molecular weight is 456 g/mol. The van der Waals surface area contributed by atoms with Crippen molar-refractivity contribution in [1.82, 2.24) is 24.1 Å². The maximum Gasteiger partial charge on any atom is 0.238 e. The van der Waals surface area contributed by atoms with Gasteiger partial charge in [0.05, 0.1) is 31.4 Å². The molecule has 34 heavy (non-hydrogen) atoms. The first kappa shape index (κ1) is 21.0. The van der Waals surface area contributed by atoms with Crippen LogP contribution in [0, 0.1) is 6.92 Å². The van der Waals surface area contributed by atoms with Crippen molar-refractivity contribution >= 4 is 0 Å². The molecule has 1 atom stereocenters. The predicted molar refractivity (Wildman–Crippen MR) is 130 cm³/mol. The zero-order valence-corrected chi connectivity index (χ0v) is 20.1. The van der Waals surface area contributed by atoms with E-state index in [1.54, 1.807) is 13.4 Å². The van der Waals surface area contributed by atoms with Gasteiger partial charge in [0.25, 0.3) is 0 Å². The lowest BCUT2D eigenvalue weighted by molar-refractivity contribution is 0.291. The van der Waals surface area contributed by atoms with Crippen LogP contribution >= 0.6 is 0 Å². The number of rotatable bonds is 4. The Morgan fingerprint density at radius 3 is 2.76 bits per heavy atom. The van der Waals surface area contributed by atoms with Gasteiger partial charge in [-0.25, -0.2) is 15.0 Å². The highest BCUT2D eigenvalue weighted by Gasteiger charge is 2.33. The maximum absolute atomic E-state index is 5.91. The smallest absolute Gasteiger partial charge is 0.238 e. The van der Waals surface area contributed by atoms with Gasteiger partial charge in [0.15, 0.2) is 0 Å². The zero-order valence-electron chi connectivity index (χ0n) is 20.1. The van der Waals surface area contributed by atoms with Crippen LogP contribution in [0.15, 0.2) is 49.1 Å². The molecule has 7 nitrogen and oxygen atoms in total. The molecule has 6 rings (SSSR count). The molecule has 0 saturated heterocycles. The molecule has 0 bridgehead atoms. The molecule has 2 aliphatic heterocycles. The van der Waals surface area contributed by atoms with Crippen LogP contribution in [-0.2, 0) is 12.0 Å².